The van der Waals surface area contributed by atoms with Crippen LogP contribution in [-0.4, -0.2) is 23.0 Å². The van der Waals surface area contributed by atoms with Crippen LogP contribution >= 0.6 is 0 Å². The topological polar surface area (TPSA) is 83.1 Å². The van der Waals surface area contributed by atoms with E-state index in [4.69, 9.17) is 0 Å². The van der Waals surface area contributed by atoms with Gasteiger partial charge in [0.25, 0.3) is 5.69 Å². The molecule has 6 heteroatoms. The Balaban J connectivity index is 1.60. The van der Waals surface area contributed by atoms with E-state index in [2.05, 4.69) is 60.1 Å². The SMILES string of the molecule is CCCCCCN(CCCCCC)c1ccc(/C=C/c2ccc(/C=C/c3ccc([N+](=O)[O-])c(C#N)c3)nc2)cc1. The summed E-state index contributed by atoms with van der Waals surface area (Å²) >= 11 is 0. The molecule has 0 bridgehead atoms. The molecule has 1 heterocycles. The molecule has 2 aromatic carbocycles. The number of rotatable bonds is 16. The van der Waals surface area contributed by atoms with Crippen LogP contribution in [0.4, 0.5) is 11.4 Å². The highest BCUT2D eigenvalue weighted by atomic mass is 16.6. The molecule has 0 amide bonds. The van der Waals surface area contributed by atoms with Crippen molar-refractivity contribution in [1.82, 2.24) is 4.98 Å². The van der Waals surface area contributed by atoms with Gasteiger partial charge in [0.15, 0.2) is 0 Å². The van der Waals surface area contributed by atoms with E-state index >= 15 is 0 Å². The van der Waals surface area contributed by atoms with Gasteiger partial charge in [0, 0.05) is 31.0 Å². The van der Waals surface area contributed by atoms with Crippen LogP contribution in [0.25, 0.3) is 24.3 Å². The van der Waals surface area contributed by atoms with E-state index in [1.54, 1.807) is 12.1 Å². The molecule has 40 heavy (non-hydrogen) atoms. The lowest BCUT2D eigenvalue weighted by atomic mass is 10.1. The minimum Gasteiger partial charge on any atom is -0.372 e. The Morgan fingerprint density at radius 3 is 1.98 bits per heavy atom. The van der Waals surface area contributed by atoms with Crippen LogP contribution in [0.5, 0.6) is 0 Å². The zero-order valence-electron chi connectivity index (χ0n) is 23.8. The molecule has 1 aromatic heterocycles. The number of nitrogens with zero attached hydrogens (tertiary/aromatic N) is 4. The van der Waals surface area contributed by atoms with Gasteiger partial charge < -0.3 is 4.90 Å². The number of nitriles is 1. The second kappa shape index (κ2) is 16.7. The number of anilines is 1. The second-order valence-corrected chi connectivity index (χ2v) is 10.0. The maximum Gasteiger partial charge on any atom is 0.287 e. The van der Waals surface area contributed by atoms with Crippen molar-refractivity contribution in [3.63, 3.8) is 0 Å². The van der Waals surface area contributed by atoms with Crippen LogP contribution in [0.3, 0.4) is 0 Å². The molecule has 3 aromatic rings. The van der Waals surface area contributed by atoms with Crippen LogP contribution in [0, 0.1) is 21.4 Å². The summed E-state index contributed by atoms with van der Waals surface area (Å²) in [5, 5.41) is 20.2. The third-order valence-corrected chi connectivity index (χ3v) is 6.88. The molecule has 3 rings (SSSR count). The van der Waals surface area contributed by atoms with E-state index in [0.717, 1.165) is 29.9 Å². The predicted octanol–water partition coefficient (Wildman–Crippen LogP) is 9.17. The number of hydrogen-bond acceptors (Lipinski definition) is 5. The standard InChI is InChI=1S/C34H40N4O2/c1-3-5-7-9-23-37(24-10-8-6-4-2)33-20-15-28(16-21-33)11-12-30-14-19-32(36-27-30)18-13-29-17-22-34(38(39)40)31(25-29)26-35/h11-22,25,27H,3-10,23-24H2,1-2H3/b12-11+,18-13+. The minimum atomic E-state index is -0.548. The lowest BCUT2D eigenvalue weighted by Gasteiger charge is -2.25. The Kier molecular flexibility index (Phi) is 12.6. The summed E-state index contributed by atoms with van der Waals surface area (Å²) in [5.74, 6) is 0. The fourth-order valence-electron chi connectivity index (χ4n) is 4.52. The first kappa shape index (κ1) is 30.3. The van der Waals surface area contributed by atoms with Crippen LogP contribution < -0.4 is 4.90 Å². The number of pyridine rings is 1. The molecule has 0 radical (unpaired) electrons. The first-order valence-corrected chi connectivity index (χ1v) is 14.4. The van der Waals surface area contributed by atoms with Crippen molar-refractivity contribution in [2.45, 2.75) is 65.2 Å². The molecule has 0 unspecified atom stereocenters. The van der Waals surface area contributed by atoms with Gasteiger partial charge >= 0.3 is 0 Å². The molecule has 0 saturated carbocycles. The van der Waals surface area contributed by atoms with Crippen molar-refractivity contribution in [3.8, 4) is 6.07 Å². The minimum absolute atomic E-state index is 0.0419. The van der Waals surface area contributed by atoms with Crippen molar-refractivity contribution in [2.24, 2.45) is 0 Å². The van der Waals surface area contributed by atoms with Crippen molar-refractivity contribution in [3.05, 3.63) is 98.9 Å². The maximum atomic E-state index is 11.0. The van der Waals surface area contributed by atoms with Gasteiger partial charge in [-0.3, -0.25) is 15.1 Å². The summed E-state index contributed by atoms with van der Waals surface area (Å²) in [6, 6.07) is 19.1. The van der Waals surface area contributed by atoms with Gasteiger partial charge in [-0.2, -0.15) is 5.26 Å². The molecule has 0 aliphatic carbocycles. The van der Waals surface area contributed by atoms with Gasteiger partial charge in [0.05, 0.1) is 10.6 Å². The molecule has 0 fully saturated rings. The predicted molar refractivity (Wildman–Crippen MR) is 167 cm³/mol. The van der Waals surface area contributed by atoms with E-state index in [-0.39, 0.29) is 11.3 Å². The Morgan fingerprint density at radius 2 is 1.40 bits per heavy atom. The monoisotopic (exact) mass is 536 g/mol. The molecule has 0 atom stereocenters. The van der Waals surface area contributed by atoms with Crippen molar-refractivity contribution >= 4 is 35.7 Å². The molecule has 0 N–H and O–H groups in total. The van der Waals surface area contributed by atoms with Crippen molar-refractivity contribution in [1.29, 1.82) is 5.26 Å². The number of unbranched alkanes of at least 4 members (excludes halogenated alkanes) is 6. The summed E-state index contributed by atoms with van der Waals surface area (Å²) in [6.45, 7) is 6.76. The molecule has 0 aliphatic rings. The smallest absolute Gasteiger partial charge is 0.287 e. The van der Waals surface area contributed by atoms with E-state index < -0.39 is 4.92 Å². The lowest BCUT2D eigenvalue weighted by molar-refractivity contribution is -0.385. The second-order valence-electron chi connectivity index (χ2n) is 10.0. The zero-order chi connectivity index (χ0) is 28.6. The fraction of sp³-hybridized carbons (Fsp3) is 0.353. The van der Waals surface area contributed by atoms with Gasteiger partial charge in [0.1, 0.15) is 11.6 Å². The molecule has 0 aliphatic heterocycles. The van der Waals surface area contributed by atoms with Crippen LogP contribution in [0.2, 0.25) is 0 Å². The average molecular weight is 537 g/mol. The fourth-order valence-corrected chi connectivity index (χ4v) is 4.52. The number of hydrogen-bond donors (Lipinski definition) is 0. The van der Waals surface area contributed by atoms with E-state index in [1.807, 2.05) is 30.5 Å². The molecule has 0 spiro atoms. The highest BCUT2D eigenvalue weighted by Crippen LogP contribution is 2.21. The highest BCUT2D eigenvalue weighted by molar-refractivity contribution is 5.72. The Hall–Kier alpha value is -4.24. The van der Waals surface area contributed by atoms with Crippen LogP contribution in [0.15, 0.2) is 60.8 Å². The summed E-state index contributed by atoms with van der Waals surface area (Å²) in [5.41, 5.74) is 4.77. The van der Waals surface area contributed by atoms with Crippen molar-refractivity contribution < 1.29 is 4.92 Å². The normalized spacial score (nSPS) is 11.2. The Labute approximate surface area is 238 Å². The Morgan fingerprint density at radius 1 is 0.800 bits per heavy atom. The number of aromatic nitrogens is 1. The third kappa shape index (κ3) is 9.81. The van der Waals surface area contributed by atoms with Crippen molar-refractivity contribution in [2.75, 3.05) is 18.0 Å². The first-order valence-electron chi connectivity index (χ1n) is 14.4. The van der Waals surface area contributed by atoms with Gasteiger partial charge in [-0.25, -0.2) is 0 Å². The molecule has 0 saturated heterocycles. The lowest BCUT2D eigenvalue weighted by Crippen LogP contribution is -2.25. The Bertz CT molecular complexity index is 1290. The number of nitro groups is 1. The molecule has 6 nitrogen and oxygen atoms in total. The highest BCUT2D eigenvalue weighted by Gasteiger charge is 2.12. The van der Waals surface area contributed by atoms with Gasteiger partial charge in [0.2, 0.25) is 0 Å². The molecule has 208 valence electrons. The summed E-state index contributed by atoms with van der Waals surface area (Å²) < 4.78 is 0. The van der Waals surface area contributed by atoms with E-state index in [1.165, 1.54) is 69.2 Å². The van der Waals surface area contributed by atoms with E-state index in [0.29, 0.717) is 5.56 Å². The largest absolute Gasteiger partial charge is 0.372 e. The van der Waals surface area contributed by atoms with Crippen LogP contribution in [-0.2, 0) is 0 Å². The molecular weight excluding hydrogens is 496 g/mol. The van der Waals surface area contributed by atoms with Gasteiger partial charge in [-0.05, 0) is 65.9 Å². The number of nitro benzene ring substituents is 1. The van der Waals surface area contributed by atoms with Gasteiger partial charge in [-0.1, -0.05) is 88.8 Å². The maximum absolute atomic E-state index is 11.0. The number of benzene rings is 2. The zero-order valence-corrected chi connectivity index (χ0v) is 23.8. The van der Waals surface area contributed by atoms with Gasteiger partial charge in [-0.15, -0.1) is 0 Å². The summed E-state index contributed by atoms with van der Waals surface area (Å²) in [6.07, 6.45) is 19.8. The molecular formula is C34H40N4O2. The summed E-state index contributed by atoms with van der Waals surface area (Å²) in [7, 11) is 0. The summed E-state index contributed by atoms with van der Waals surface area (Å²) in [4.78, 5) is 17.5. The average Bonchev–Trinajstić information content (AvgIpc) is 2.98. The first-order chi connectivity index (χ1) is 19.5. The van der Waals surface area contributed by atoms with Crippen LogP contribution in [0.1, 0.15) is 93.2 Å². The van der Waals surface area contributed by atoms with E-state index in [9.17, 15) is 15.4 Å². The third-order valence-electron chi connectivity index (χ3n) is 6.88. The quantitative estimate of drug-likeness (QED) is 0.103.